The summed E-state index contributed by atoms with van der Waals surface area (Å²) in [4.78, 5) is 5.98. The molecule has 0 fully saturated rings. The zero-order valence-corrected chi connectivity index (χ0v) is 7.86. The van der Waals surface area contributed by atoms with E-state index < -0.39 is 0 Å². The number of azide groups is 1. The minimum absolute atomic E-state index is 0.386. The van der Waals surface area contributed by atoms with Crippen LogP contribution in [0, 0.1) is 6.92 Å². The predicted molar refractivity (Wildman–Crippen MR) is 55.9 cm³/mol. The number of fused-ring (bicyclic) bond motifs is 1. The number of aryl methyl sites for hydroxylation is 1. The van der Waals surface area contributed by atoms with Gasteiger partial charge in [-0.3, -0.25) is 0 Å². The molecule has 1 N–H and O–H groups in total. The summed E-state index contributed by atoms with van der Waals surface area (Å²) in [6.07, 6.45) is 0. The van der Waals surface area contributed by atoms with Gasteiger partial charge in [0.2, 0.25) is 0 Å². The number of para-hydroxylation sites is 1. The van der Waals surface area contributed by atoms with Crippen molar-refractivity contribution in [3.63, 3.8) is 0 Å². The van der Waals surface area contributed by atoms with Gasteiger partial charge < -0.3 is 4.98 Å². The minimum atomic E-state index is 0.386. The molecule has 1 aromatic heterocycles. The van der Waals surface area contributed by atoms with Crippen LogP contribution < -0.4 is 0 Å². The van der Waals surface area contributed by atoms with E-state index in [1.54, 1.807) is 0 Å². The molecular formula is C10H10N4. The van der Waals surface area contributed by atoms with Crippen molar-refractivity contribution in [2.75, 3.05) is 0 Å². The van der Waals surface area contributed by atoms with Gasteiger partial charge in [-0.05, 0) is 24.1 Å². The second-order valence-corrected chi connectivity index (χ2v) is 3.16. The quantitative estimate of drug-likeness (QED) is 0.425. The van der Waals surface area contributed by atoms with Gasteiger partial charge in [0, 0.05) is 21.5 Å². The van der Waals surface area contributed by atoms with Crippen LogP contribution in [0.4, 0.5) is 0 Å². The Kier molecular flexibility index (Phi) is 2.13. The number of H-pyrrole nitrogens is 1. The molecule has 0 atom stereocenters. The van der Waals surface area contributed by atoms with Crippen LogP contribution in [0.15, 0.2) is 29.4 Å². The third-order valence-corrected chi connectivity index (χ3v) is 2.36. The van der Waals surface area contributed by atoms with Gasteiger partial charge in [0.25, 0.3) is 0 Å². The maximum atomic E-state index is 8.24. The lowest BCUT2D eigenvalue weighted by Gasteiger charge is -1.91. The highest BCUT2D eigenvalue weighted by atomic mass is 15.1. The Morgan fingerprint density at radius 1 is 1.43 bits per heavy atom. The van der Waals surface area contributed by atoms with E-state index >= 15 is 0 Å². The highest BCUT2D eigenvalue weighted by molar-refractivity contribution is 5.84. The molecule has 0 spiro atoms. The molecule has 2 rings (SSSR count). The van der Waals surface area contributed by atoms with Crippen LogP contribution >= 0.6 is 0 Å². The molecule has 4 nitrogen and oxygen atoms in total. The third kappa shape index (κ3) is 1.32. The summed E-state index contributed by atoms with van der Waals surface area (Å²) >= 11 is 0. The molecule has 0 aliphatic rings. The molecule has 0 aliphatic heterocycles. The SMILES string of the molecule is Cc1c(CN=[N+]=[N-])[nH]c2ccccc12. The zero-order valence-electron chi connectivity index (χ0n) is 7.86. The average molecular weight is 186 g/mol. The van der Waals surface area contributed by atoms with E-state index in [1.807, 2.05) is 25.1 Å². The third-order valence-electron chi connectivity index (χ3n) is 2.36. The van der Waals surface area contributed by atoms with E-state index in [4.69, 9.17) is 5.53 Å². The van der Waals surface area contributed by atoms with Crippen molar-refractivity contribution in [1.29, 1.82) is 0 Å². The van der Waals surface area contributed by atoms with Crippen LogP contribution in [0.5, 0.6) is 0 Å². The Balaban J connectivity index is 2.56. The van der Waals surface area contributed by atoms with E-state index in [-0.39, 0.29) is 0 Å². The van der Waals surface area contributed by atoms with Crippen molar-refractivity contribution in [2.45, 2.75) is 13.5 Å². The summed E-state index contributed by atoms with van der Waals surface area (Å²) in [5, 5.41) is 4.74. The Morgan fingerprint density at radius 3 is 2.93 bits per heavy atom. The Labute approximate surface area is 81.2 Å². The van der Waals surface area contributed by atoms with Gasteiger partial charge in [-0.25, -0.2) is 0 Å². The number of nitrogens with one attached hydrogen (secondary N) is 1. The zero-order chi connectivity index (χ0) is 9.97. The second-order valence-electron chi connectivity index (χ2n) is 3.16. The fraction of sp³-hybridized carbons (Fsp3) is 0.200. The van der Waals surface area contributed by atoms with Gasteiger partial charge in [-0.2, -0.15) is 0 Å². The van der Waals surface area contributed by atoms with Crippen LogP contribution in [-0.2, 0) is 6.54 Å². The molecule has 0 radical (unpaired) electrons. The molecular weight excluding hydrogens is 176 g/mol. The van der Waals surface area contributed by atoms with Crippen molar-refractivity contribution in [1.82, 2.24) is 4.98 Å². The van der Waals surface area contributed by atoms with Crippen molar-refractivity contribution >= 4 is 10.9 Å². The highest BCUT2D eigenvalue weighted by Crippen LogP contribution is 2.21. The normalized spacial score (nSPS) is 10.1. The Morgan fingerprint density at radius 2 is 2.21 bits per heavy atom. The van der Waals surface area contributed by atoms with Crippen LogP contribution in [-0.4, -0.2) is 4.98 Å². The summed E-state index contributed by atoms with van der Waals surface area (Å²) in [6.45, 7) is 2.41. The van der Waals surface area contributed by atoms with Gasteiger partial charge in [0.05, 0.1) is 6.54 Å². The lowest BCUT2D eigenvalue weighted by atomic mass is 10.1. The van der Waals surface area contributed by atoms with E-state index in [1.165, 1.54) is 5.39 Å². The van der Waals surface area contributed by atoms with E-state index in [2.05, 4.69) is 21.1 Å². The monoisotopic (exact) mass is 186 g/mol. The van der Waals surface area contributed by atoms with Gasteiger partial charge in [-0.1, -0.05) is 23.3 Å². The summed E-state index contributed by atoms with van der Waals surface area (Å²) in [7, 11) is 0. The topological polar surface area (TPSA) is 64.6 Å². The van der Waals surface area contributed by atoms with E-state index in [0.29, 0.717) is 6.54 Å². The van der Waals surface area contributed by atoms with Crippen LogP contribution in [0.2, 0.25) is 0 Å². The Hall–Kier alpha value is -1.93. The molecule has 0 unspecified atom stereocenters. The lowest BCUT2D eigenvalue weighted by Crippen LogP contribution is -1.82. The number of nitrogens with zero attached hydrogens (tertiary/aromatic N) is 3. The van der Waals surface area contributed by atoms with Crippen LogP contribution in [0.1, 0.15) is 11.3 Å². The second kappa shape index (κ2) is 3.44. The first kappa shape index (κ1) is 8.66. The van der Waals surface area contributed by atoms with Crippen LogP contribution in [0.25, 0.3) is 21.3 Å². The summed E-state index contributed by atoms with van der Waals surface area (Å²) in [5.41, 5.74) is 11.5. The van der Waals surface area contributed by atoms with Crippen LogP contribution in [0.3, 0.4) is 0 Å². The Bertz CT molecular complexity index is 506. The maximum Gasteiger partial charge on any atom is 0.0665 e. The van der Waals surface area contributed by atoms with Crippen molar-refractivity contribution in [3.05, 3.63) is 46.0 Å². The molecule has 0 bridgehead atoms. The molecule has 0 aliphatic carbocycles. The number of aromatic nitrogens is 1. The maximum absolute atomic E-state index is 8.24. The van der Waals surface area contributed by atoms with Crippen molar-refractivity contribution in [2.24, 2.45) is 5.11 Å². The molecule has 2 aromatic rings. The molecule has 70 valence electrons. The van der Waals surface area contributed by atoms with Crippen molar-refractivity contribution in [3.8, 4) is 0 Å². The first-order valence-corrected chi connectivity index (χ1v) is 4.40. The predicted octanol–water partition coefficient (Wildman–Crippen LogP) is 3.29. The number of rotatable bonds is 2. The highest BCUT2D eigenvalue weighted by Gasteiger charge is 2.04. The number of hydrogen-bond acceptors (Lipinski definition) is 1. The van der Waals surface area contributed by atoms with Gasteiger partial charge >= 0.3 is 0 Å². The fourth-order valence-electron chi connectivity index (χ4n) is 1.60. The first-order chi connectivity index (χ1) is 6.83. The standard InChI is InChI=1S/C10H10N4/c1-7-8-4-2-3-5-9(8)13-10(7)6-12-14-11/h2-5,13H,6H2,1H3. The lowest BCUT2D eigenvalue weighted by molar-refractivity contribution is 0.987. The fourth-order valence-corrected chi connectivity index (χ4v) is 1.60. The molecule has 1 aromatic carbocycles. The van der Waals surface area contributed by atoms with Gasteiger partial charge in [0.15, 0.2) is 0 Å². The summed E-state index contributed by atoms with van der Waals surface area (Å²) in [6, 6.07) is 8.05. The molecule has 4 heteroatoms. The first-order valence-electron chi connectivity index (χ1n) is 4.40. The molecule has 1 heterocycles. The van der Waals surface area contributed by atoms with Gasteiger partial charge in [0.1, 0.15) is 0 Å². The van der Waals surface area contributed by atoms with Crippen molar-refractivity contribution < 1.29 is 0 Å². The average Bonchev–Trinajstić information content (AvgIpc) is 2.54. The van der Waals surface area contributed by atoms with E-state index in [0.717, 1.165) is 16.8 Å². The smallest absolute Gasteiger partial charge is 0.0665 e. The summed E-state index contributed by atoms with van der Waals surface area (Å²) in [5.74, 6) is 0. The molecule has 14 heavy (non-hydrogen) atoms. The number of hydrogen-bond donors (Lipinski definition) is 1. The molecule has 0 saturated heterocycles. The summed E-state index contributed by atoms with van der Waals surface area (Å²) < 4.78 is 0. The molecule has 0 saturated carbocycles. The van der Waals surface area contributed by atoms with E-state index in [9.17, 15) is 0 Å². The number of benzene rings is 1. The number of aromatic amines is 1. The molecule has 0 amide bonds. The minimum Gasteiger partial charge on any atom is -0.358 e. The van der Waals surface area contributed by atoms with Gasteiger partial charge in [-0.15, -0.1) is 0 Å². The largest absolute Gasteiger partial charge is 0.358 e.